The molecule has 0 spiro atoms. The number of nitrogens with one attached hydrogen (secondary N) is 1. The molecule has 0 saturated carbocycles. The van der Waals surface area contributed by atoms with E-state index in [1.807, 2.05) is 0 Å². The van der Waals surface area contributed by atoms with Gasteiger partial charge >= 0.3 is 6.18 Å². The van der Waals surface area contributed by atoms with E-state index in [4.69, 9.17) is 4.74 Å². The van der Waals surface area contributed by atoms with Gasteiger partial charge in [-0.15, -0.1) is 0 Å². The second-order valence-corrected chi connectivity index (χ2v) is 5.98. The normalized spacial score (nSPS) is 11.3. The van der Waals surface area contributed by atoms with Crippen LogP contribution in [0.15, 0.2) is 54.7 Å². The lowest BCUT2D eigenvalue weighted by molar-refractivity contribution is -0.137. The molecule has 0 saturated heterocycles. The van der Waals surface area contributed by atoms with E-state index >= 15 is 0 Å². The predicted octanol–water partition coefficient (Wildman–Crippen LogP) is 4.64. The van der Waals surface area contributed by atoms with Crippen LogP contribution in [0.3, 0.4) is 0 Å². The average Bonchev–Trinajstić information content (AvgIpc) is 3.12. The second kappa shape index (κ2) is 7.71. The van der Waals surface area contributed by atoms with E-state index in [9.17, 15) is 22.4 Å². The van der Waals surface area contributed by atoms with Gasteiger partial charge in [0, 0.05) is 6.20 Å². The molecule has 28 heavy (non-hydrogen) atoms. The molecular formula is C19H15F4N3O2. The third kappa shape index (κ3) is 4.67. The molecule has 0 radical (unpaired) electrons. The fourth-order valence-electron chi connectivity index (χ4n) is 2.38. The standard InChI is InChI=1S/C19H15F4N3O2/c1-12-5-6-15(20)17(9-12)24-18(27)16-7-8-26(25-16)11-28-14-4-2-3-13(10-14)19(21,22)23/h2-10H,11H2,1H3,(H,24,27). The molecule has 3 rings (SSSR count). The van der Waals surface area contributed by atoms with E-state index in [1.165, 1.54) is 41.2 Å². The Morgan fingerprint density at radius 3 is 2.71 bits per heavy atom. The molecule has 3 aromatic rings. The van der Waals surface area contributed by atoms with Crippen LogP contribution in [0.1, 0.15) is 21.6 Å². The van der Waals surface area contributed by atoms with E-state index < -0.39 is 23.5 Å². The number of amides is 1. The van der Waals surface area contributed by atoms with Gasteiger partial charge in [0.25, 0.3) is 5.91 Å². The number of nitrogens with zero attached hydrogens (tertiary/aromatic N) is 2. The first kappa shape index (κ1) is 19.4. The van der Waals surface area contributed by atoms with Gasteiger partial charge in [0.15, 0.2) is 12.4 Å². The van der Waals surface area contributed by atoms with Crippen molar-refractivity contribution >= 4 is 11.6 Å². The Hall–Kier alpha value is -3.36. The number of aromatic nitrogens is 2. The van der Waals surface area contributed by atoms with Crippen LogP contribution < -0.4 is 10.1 Å². The zero-order valence-corrected chi connectivity index (χ0v) is 14.6. The smallest absolute Gasteiger partial charge is 0.416 e. The van der Waals surface area contributed by atoms with E-state index in [2.05, 4.69) is 10.4 Å². The van der Waals surface area contributed by atoms with Gasteiger partial charge in [-0.05, 0) is 48.9 Å². The molecule has 1 aromatic heterocycles. The van der Waals surface area contributed by atoms with Crippen LogP contribution in [0, 0.1) is 12.7 Å². The molecule has 0 bridgehead atoms. The van der Waals surface area contributed by atoms with E-state index in [-0.39, 0.29) is 23.9 Å². The van der Waals surface area contributed by atoms with Crippen LogP contribution in [0.5, 0.6) is 5.75 Å². The van der Waals surface area contributed by atoms with Gasteiger partial charge in [0.05, 0.1) is 11.3 Å². The van der Waals surface area contributed by atoms with Gasteiger partial charge < -0.3 is 10.1 Å². The van der Waals surface area contributed by atoms with E-state index in [0.717, 1.165) is 17.7 Å². The molecule has 0 aliphatic rings. The van der Waals surface area contributed by atoms with Crippen molar-refractivity contribution in [3.05, 3.63) is 77.4 Å². The summed E-state index contributed by atoms with van der Waals surface area (Å²) >= 11 is 0. The summed E-state index contributed by atoms with van der Waals surface area (Å²) < 4.78 is 58.4. The van der Waals surface area contributed by atoms with E-state index in [0.29, 0.717) is 0 Å². The van der Waals surface area contributed by atoms with Crippen molar-refractivity contribution in [2.45, 2.75) is 19.8 Å². The number of ether oxygens (including phenoxy) is 1. The van der Waals surface area contributed by atoms with Gasteiger partial charge in [-0.3, -0.25) is 4.79 Å². The molecule has 1 N–H and O–H groups in total. The van der Waals surface area contributed by atoms with Crippen LogP contribution in [-0.2, 0) is 12.9 Å². The molecule has 0 aliphatic carbocycles. The fourth-order valence-corrected chi connectivity index (χ4v) is 2.38. The van der Waals surface area contributed by atoms with Crippen LogP contribution in [0.4, 0.5) is 23.2 Å². The highest BCUT2D eigenvalue weighted by Crippen LogP contribution is 2.31. The highest BCUT2D eigenvalue weighted by Gasteiger charge is 2.30. The maximum atomic E-state index is 13.7. The Bertz CT molecular complexity index is 999. The average molecular weight is 393 g/mol. The molecule has 5 nitrogen and oxygen atoms in total. The van der Waals surface area contributed by atoms with Crippen molar-refractivity contribution in [2.75, 3.05) is 5.32 Å². The minimum Gasteiger partial charge on any atom is -0.471 e. The Kier molecular flexibility index (Phi) is 5.34. The first-order valence-corrected chi connectivity index (χ1v) is 8.13. The number of carbonyl (C=O) groups is 1. The number of halogens is 4. The first-order valence-electron chi connectivity index (χ1n) is 8.13. The Labute approximate surface area is 157 Å². The fraction of sp³-hybridized carbons (Fsp3) is 0.158. The maximum Gasteiger partial charge on any atom is 0.416 e. The predicted molar refractivity (Wildman–Crippen MR) is 93.4 cm³/mol. The molecule has 9 heteroatoms. The van der Waals surface area contributed by atoms with Gasteiger partial charge in [-0.25, -0.2) is 9.07 Å². The number of anilines is 1. The first-order chi connectivity index (χ1) is 13.2. The van der Waals surface area contributed by atoms with Crippen molar-refractivity contribution in [1.82, 2.24) is 9.78 Å². The summed E-state index contributed by atoms with van der Waals surface area (Å²) in [5, 5.41) is 6.40. The lowest BCUT2D eigenvalue weighted by Crippen LogP contribution is -2.15. The lowest BCUT2D eigenvalue weighted by atomic mass is 10.2. The van der Waals surface area contributed by atoms with Crippen LogP contribution in [0.25, 0.3) is 0 Å². The minimum atomic E-state index is -4.47. The quantitative estimate of drug-likeness (QED) is 0.643. The summed E-state index contributed by atoms with van der Waals surface area (Å²) in [5.41, 5.74) is -0.0178. The highest BCUT2D eigenvalue weighted by atomic mass is 19.4. The molecular weight excluding hydrogens is 378 g/mol. The van der Waals surface area contributed by atoms with Crippen LogP contribution >= 0.6 is 0 Å². The van der Waals surface area contributed by atoms with Crippen molar-refractivity contribution < 1.29 is 27.1 Å². The minimum absolute atomic E-state index is 0.00792. The van der Waals surface area contributed by atoms with Crippen molar-refractivity contribution in [3.8, 4) is 5.75 Å². The summed E-state index contributed by atoms with van der Waals surface area (Å²) in [4.78, 5) is 12.2. The summed E-state index contributed by atoms with van der Waals surface area (Å²) in [6.07, 6.45) is -3.05. The topological polar surface area (TPSA) is 56.2 Å². The highest BCUT2D eigenvalue weighted by molar-refractivity contribution is 6.02. The Morgan fingerprint density at radius 1 is 1.18 bits per heavy atom. The van der Waals surface area contributed by atoms with Crippen LogP contribution in [-0.4, -0.2) is 15.7 Å². The zero-order chi connectivity index (χ0) is 20.3. The summed E-state index contributed by atoms with van der Waals surface area (Å²) in [5.74, 6) is -1.19. The maximum absolute atomic E-state index is 13.7. The van der Waals surface area contributed by atoms with Gasteiger partial charge in [0.2, 0.25) is 0 Å². The molecule has 0 aliphatic heterocycles. The molecule has 0 atom stereocenters. The summed E-state index contributed by atoms with van der Waals surface area (Å²) in [6.45, 7) is 1.56. The third-order valence-corrected chi connectivity index (χ3v) is 3.77. The number of benzene rings is 2. The second-order valence-electron chi connectivity index (χ2n) is 5.98. The number of alkyl halides is 3. The van der Waals surface area contributed by atoms with Crippen molar-refractivity contribution in [1.29, 1.82) is 0 Å². The van der Waals surface area contributed by atoms with Gasteiger partial charge in [-0.2, -0.15) is 18.3 Å². The molecule has 1 heterocycles. The van der Waals surface area contributed by atoms with Crippen molar-refractivity contribution in [3.63, 3.8) is 0 Å². The van der Waals surface area contributed by atoms with Gasteiger partial charge in [0.1, 0.15) is 11.6 Å². The largest absolute Gasteiger partial charge is 0.471 e. The summed E-state index contributed by atoms with van der Waals surface area (Å²) in [6, 6.07) is 10.1. The van der Waals surface area contributed by atoms with Crippen molar-refractivity contribution in [2.24, 2.45) is 0 Å². The Balaban J connectivity index is 1.64. The third-order valence-electron chi connectivity index (χ3n) is 3.77. The number of aryl methyl sites for hydroxylation is 1. The van der Waals surface area contributed by atoms with E-state index in [1.54, 1.807) is 13.0 Å². The number of rotatable bonds is 5. The molecule has 146 valence electrons. The molecule has 2 aromatic carbocycles. The molecule has 0 unspecified atom stereocenters. The SMILES string of the molecule is Cc1ccc(F)c(NC(=O)c2ccn(COc3cccc(C(F)(F)F)c3)n2)c1. The monoisotopic (exact) mass is 393 g/mol. The Morgan fingerprint density at radius 2 is 1.96 bits per heavy atom. The number of carbonyl (C=O) groups excluding carboxylic acids is 1. The lowest BCUT2D eigenvalue weighted by Gasteiger charge is -2.10. The molecule has 0 fully saturated rings. The number of hydrogen-bond donors (Lipinski definition) is 1. The molecule has 1 amide bonds. The van der Waals surface area contributed by atoms with Crippen LogP contribution in [0.2, 0.25) is 0 Å². The zero-order valence-electron chi connectivity index (χ0n) is 14.6. The van der Waals surface area contributed by atoms with Gasteiger partial charge in [-0.1, -0.05) is 12.1 Å². The number of hydrogen-bond acceptors (Lipinski definition) is 3. The summed E-state index contributed by atoms with van der Waals surface area (Å²) in [7, 11) is 0.